The molecule has 4 aromatic carbocycles. The Morgan fingerprint density at radius 1 is 0.718 bits per heavy atom. The minimum absolute atomic E-state index is 0.124. The molecule has 2 heterocycles. The van der Waals surface area contributed by atoms with Gasteiger partial charge in [-0.05, 0) is 47.6 Å². The zero-order valence-electron chi connectivity index (χ0n) is 21.7. The lowest BCUT2D eigenvalue weighted by molar-refractivity contribution is 0.487. The predicted molar refractivity (Wildman–Crippen MR) is 164 cm³/mol. The number of thiazole rings is 1. The fraction of sp³-hybridized carbons (Fsp3) is 0.143. The first-order valence-electron chi connectivity index (χ1n) is 13.7. The van der Waals surface area contributed by atoms with Crippen LogP contribution in [0.3, 0.4) is 0 Å². The van der Waals surface area contributed by atoms with Gasteiger partial charge in [-0.25, -0.2) is 9.99 Å². The van der Waals surface area contributed by atoms with Crippen LogP contribution >= 0.6 is 11.3 Å². The molecule has 0 amide bonds. The summed E-state index contributed by atoms with van der Waals surface area (Å²) in [5.41, 5.74) is 8.43. The molecule has 3 nitrogen and oxygen atoms in total. The number of hydrogen-bond donors (Lipinski definition) is 0. The van der Waals surface area contributed by atoms with Crippen molar-refractivity contribution in [2.45, 2.75) is 25.3 Å². The summed E-state index contributed by atoms with van der Waals surface area (Å²) in [6.45, 7) is 0. The van der Waals surface area contributed by atoms with Crippen LogP contribution in [0.4, 0.5) is 5.13 Å². The fourth-order valence-electron chi connectivity index (χ4n) is 5.88. The van der Waals surface area contributed by atoms with Gasteiger partial charge in [-0.15, -0.1) is 0 Å². The highest BCUT2D eigenvalue weighted by molar-refractivity contribution is 7.19. The highest BCUT2D eigenvalue weighted by Gasteiger charge is 2.43. The standard InChI is InChI=1S/C35H29N3S/c1-5-14-25(15-6-1)24-29-22-13-23-30-31(29)37-38(33(30)27-18-9-3-10-19-27)35-36-32(26-16-7-2-8-17-26)34(39-35)28-20-11-4-12-21-28/h1-12,14-21,24,30,33H,13,22-23H2/b29-24+/t30-,33-/m1/s1. The minimum atomic E-state index is 0.124. The number of nitrogens with zero attached hydrogens (tertiary/aromatic N) is 3. The lowest BCUT2D eigenvalue weighted by Gasteiger charge is -2.29. The summed E-state index contributed by atoms with van der Waals surface area (Å²) in [7, 11) is 0. The van der Waals surface area contributed by atoms with Crippen molar-refractivity contribution in [3.05, 3.63) is 138 Å². The highest BCUT2D eigenvalue weighted by atomic mass is 32.1. The molecule has 0 radical (unpaired) electrons. The first-order valence-corrected chi connectivity index (χ1v) is 14.5. The molecule has 0 N–H and O–H groups in total. The lowest BCUT2D eigenvalue weighted by Crippen LogP contribution is -2.28. The molecule has 0 unspecified atom stereocenters. The zero-order valence-corrected chi connectivity index (χ0v) is 22.5. The van der Waals surface area contributed by atoms with Crippen molar-refractivity contribution in [3.8, 4) is 21.7 Å². The number of rotatable bonds is 5. The largest absolute Gasteiger partial charge is 0.231 e. The second-order valence-electron chi connectivity index (χ2n) is 10.2. The zero-order chi connectivity index (χ0) is 26.0. The van der Waals surface area contributed by atoms with Crippen molar-refractivity contribution < 1.29 is 0 Å². The Kier molecular flexibility index (Phi) is 6.39. The van der Waals surface area contributed by atoms with Crippen LogP contribution in [0.1, 0.15) is 36.4 Å². The third kappa shape index (κ3) is 4.62. The van der Waals surface area contributed by atoms with E-state index >= 15 is 0 Å². The van der Waals surface area contributed by atoms with E-state index in [0.717, 1.165) is 29.2 Å². The van der Waals surface area contributed by atoms with Gasteiger partial charge in [-0.3, -0.25) is 0 Å². The molecule has 5 aromatic rings. The molecule has 1 saturated carbocycles. The summed E-state index contributed by atoms with van der Waals surface area (Å²) in [5, 5.41) is 8.56. The molecule has 1 aliphatic carbocycles. The Labute approximate surface area is 233 Å². The lowest BCUT2D eigenvalue weighted by atomic mass is 9.77. The van der Waals surface area contributed by atoms with Crippen LogP contribution in [0.25, 0.3) is 27.8 Å². The molecule has 7 rings (SSSR count). The van der Waals surface area contributed by atoms with E-state index in [1.54, 1.807) is 11.3 Å². The molecule has 2 aliphatic rings. The summed E-state index contributed by atoms with van der Waals surface area (Å²) in [6.07, 6.45) is 5.69. The molecule has 0 bridgehead atoms. The number of hydrogen-bond acceptors (Lipinski definition) is 4. The van der Waals surface area contributed by atoms with Gasteiger partial charge in [0.1, 0.15) is 0 Å². The summed E-state index contributed by atoms with van der Waals surface area (Å²) >= 11 is 1.74. The fourth-order valence-corrected chi connectivity index (χ4v) is 6.96. The summed E-state index contributed by atoms with van der Waals surface area (Å²) in [6, 6.07) is 42.8. The van der Waals surface area contributed by atoms with Crippen LogP contribution in [0.2, 0.25) is 0 Å². The maximum Gasteiger partial charge on any atom is 0.207 e. The van der Waals surface area contributed by atoms with Crippen LogP contribution in [-0.4, -0.2) is 10.7 Å². The van der Waals surface area contributed by atoms with Crippen LogP contribution in [0, 0.1) is 5.92 Å². The van der Waals surface area contributed by atoms with Gasteiger partial charge in [0.2, 0.25) is 5.13 Å². The average molecular weight is 524 g/mol. The second kappa shape index (κ2) is 10.5. The van der Waals surface area contributed by atoms with Crippen molar-refractivity contribution in [2.24, 2.45) is 11.0 Å². The van der Waals surface area contributed by atoms with Crippen molar-refractivity contribution in [1.82, 2.24) is 4.98 Å². The minimum Gasteiger partial charge on any atom is -0.231 e. The Morgan fingerprint density at radius 3 is 2.03 bits per heavy atom. The maximum atomic E-state index is 5.39. The predicted octanol–water partition coefficient (Wildman–Crippen LogP) is 9.28. The van der Waals surface area contributed by atoms with E-state index < -0.39 is 0 Å². The summed E-state index contributed by atoms with van der Waals surface area (Å²) in [4.78, 5) is 6.48. The topological polar surface area (TPSA) is 28.5 Å². The first-order chi connectivity index (χ1) is 19.3. The smallest absolute Gasteiger partial charge is 0.207 e. The Balaban J connectivity index is 1.38. The molecule has 39 heavy (non-hydrogen) atoms. The van der Waals surface area contributed by atoms with Gasteiger partial charge in [0.05, 0.1) is 22.3 Å². The normalized spacial score (nSPS) is 19.6. The van der Waals surface area contributed by atoms with E-state index in [2.05, 4.69) is 132 Å². The van der Waals surface area contributed by atoms with Gasteiger partial charge >= 0.3 is 0 Å². The molecule has 0 saturated heterocycles. The third-order valence-electron chi connectivity index (χ3n) is 7.68. The van der Waals surface area contributed by atoms with E-state index in [0.29, 0.717) is 5.92 Å². The number of allylic oxidation sites excluding steroid dienone is 1. The highest BCUT2D eigenvalue weighted by Crippen LogP contribution is 2.49. The van der Waals surface area contributed by atoms with Gasteiger partial charge in [-0.2, -0.15) is 5.10 Å². The number of fused-ring (bicyclic) bond motifs is 1. The number of benzene rings is 4. The molecular weight excluding hydrogens is 494 g/mol. The third-order valence-corrected chi connectivity index (χ3v) is 8.77. The molecule has 1 fully saturated rings. The Hall–Kier alpha value is -4.28. The number of aromatic nitrogens is 1. The molecule has 1 aliphatic heterocycles. The monoisotopic (exact) mass is 523 g/mol. The van der Waals surface area contributed by atoms with Crippen molar-refractivity contribution >= 4 is 28.3 Å². The van der Waals surface area contributed by atoms with Crippen molar-refractivity contribution in [1.29, 1.82) is 0 Å². The SMILES string of the molecule is C(=C1/CCC[C@@H]2C1=NN(c1nc(-c3ccccc3)c(-c3ccccc3)s1)[C@@H]2c1ccccc1)/c1ccccc1. The van der Waals surface area contributed by atoms with Crippen LogP contribution in [0.5, 0.6) is 0 Å². The second-order valence-corrected chi connectivity index (χ2v) is 11.1. The Bertz CT molecular complexity index is 1570. The molecule has 1 aromatic heterocycles. The molecule has 190 valence electrons. The number of anilines is 1. The molecule has 2 atom stereocenters. The van der Waals surface area contributed by atoms with Gasteiger partial charge in [-0.1, -0.05) is 133 Å². The summed E-state index contributed by atoms with van der Waals surface area (Å²) in [5.74, 6) is 0.334. The average Bonchev–Trinajstić information content (AvgIpc) is 3.62. The maximum absolute atomic E-state index is 5.39. The first kappa shape index (κ1) is 23.8. The van der Waals surface area contributed by atoms with E-state index in [1.807, 2.05) is 0 Å². The molecule has 0 spiro atoms. The van der Waals surface area contributed by atoms with Crippen molar-refractivity contribution in [2.75, 3.05) is 5.01 Å². The van der Waals surface area contributed by atoms with Gasteiger partial charge in [0, 0.05) is 11.5 Å². The number of hydrazone groups is 1. The summed E-state index contributed by atoms with van der Waals surface area (Å²) < 4.78 is 0. The van der Waals surface area contributed by atoms with E-state index in [-0.39, 0.29) is 6.04 Å². The van der Waals surface area contributed by atoms with Crippen LogP contribution in [0.15, 0.2) is 132 Å². The van der Waals surface area contributed by atoms with Gasteiger partial charge in [0.15, 0.2) is 0 Å². The molecular formula is C35H29N3S. The van der Waals surface area contributed by atoms with Gasteiger partial charge < -0.3 is 0 Å². The van der Waals surface area contributed by atoms with Crippen molar-refractivity contribution in [3.63, 3.8) is 0 Å². The van der Waals surface area contributed by atoms with E-state index in [1.165, 1.54) is 39.3 Å². The molecule has 4 heteroatoms. The van der Waals surface area contributed by atoms with Gasteiger partial charge in [0.25, 0.3) is 0 Å². The quantitative estimate of drug-likeness (QED) is 0.230. The van der Waals surface area contributed by atoms with Crippen LogP contribution < -0.4 is 5.01 Å². The Morgan fingerprint density at radius 2 is 1.33 bits per heavy atom. The van der Waals surface area contributed by atoms with E-state index in [9.17, 15) is 0 Å². The van der Waals surface area contributed by atoms with E-state index in [4.69, 9.17) is 10.1 Å². The van der Waals surface area contributed by atoms with Crippen LogP contribution in [-0.2, 0) is 0 Å².